The number of carbonyl (C=O) groups is 1. The highest BCUT2D eigenvalue weighted by molar-refractivity contribution is 6.83. The molecule has 0 spiro atoms. The molecule has 0 bridgehead atoms. The monoisotopic (exact) mass is 262 g/mol. The van der Waals surface area contributed by atoms with Gasteiger partial charge in [-0.1, -0.05) is 49.4 Å². The zero-order valence-corrected chi connectivity index (χ0v) is 12.9. The highest BCUT2D eigenvalue weighted by Gasteiger charge is 2.06. The fourth-order valence-corrected chi connectivity index (χ4v) is 1.47. The van der Waals surface area contributed by atoms with Gasteiger partial charge in [0.25, 0.3) is 0 Å². The smallest absolute Gasteiger partial charge is 0.330 e. The lowest BCUT2D eigenvalue weighted by atomic mass is 10.2. The van der Waals surface area contributed by atoms with Gasteiger partial charge in [-0.05, 0) is 19.9 Å². The van der Waals surface area contributed by atoms with Gasteiger partial charge < -0.3 is 4.74 Å². The van der Waals surface area contributed by atoms with Crippen LogP contribution in [0.15, 0.2) is 36.0 Å². The van der Waals surface area contributed by atoms with Gasteiger partial charge in [-0.2, -0.15) is 0 Å². The highest BCUT2D eigenvalue weighted by atomic mass is 28.3. The summed E-state index contributed by atoms with van der Waals surface area (Å²) in [6.07, 6.45) is 8.79. The lowest BCUT2D eigenvalue weighted by molar-refractivity contribution is -0.137. The molecule has 0 aromatic heterocycles. The Bertz CT molecular complexity index is 412. The van der Waals surface area contributed by atoms with Crippen LogP contribution in [0.1, 0.15) is 13.8 Å². The Labute approximate surface area is 111 Å². The number of esters is 1. The average Bonchev–Trinajstić information content (AvgIpc) is 2.25. The molecule has 0 heterocycles. The predicted octanol–water partition coefficient (Wildman–Crippen LogP) is 3.49. The molecule has 2 nitrogen and oxygen atoms in total. The SMILES string of the molecule is CCOC(=O)/C=C/C(C)=C/C=C/C#C[Si](C)(C)C. The molecule has 0 aromatic carbocycles. The Morgan fingerprint density at radius 2 is 1.94 bits per heavy atom. The summed E-state index contributed by atoms with van der Waals surface area (Å²) in [5.41, 5.74) is 4.22. The maximum absolute atomic E-state index is 11.1. The van der Waals surface area contributed by atoms with Crippen LogP contribution >= 0.6 is 0 Å². The van der Waals surface area contributed by atoms with Crippen LogP contribution in [-0.4, -0.2) is 20.7 Å². The molecule has 0 saturated carbocycles. The Morgan fingerprint density at radius 3 is 2.50 bits per heavy atom. The second-order valence-corrected chi connectivity index (χ2v) is 9.62. The maximum Gasteiger partial charge on any atom is 0.330 e. The van der Waals surface area contributed by atoms with Crippen LogP contribution < -0.4 is 0 Å². The molecule has 0 aliphatic carbocycles. The molecule has 0 aliphatic heterocycles. The van der Waals surface area contributed by atoms with Crippen LogP contribution in [0.2, 0.25) is 19.6 Å². The number of rotatable bonds is 4. The van der Waals surface area contributed by atoms with Crippen molar-refractivity contribution in [2.24, 2.45) is 0 Å². The van der Waals surface area contributed by atoms with Crippen LogP contribution in [0.3, 0.4) is 0 Å². The molecule has 0 fully saturated rings. The molecule has 0 radical (unpaired) electrons. The number of allylic oxidation sites excluding steroid dienone is 5. The number of hydrogen-bond acceptors (Lipinski definition) is 2. The van der Waals surface area contributed by atoms with E-state index in [0.29, 0.717) is 6.61 Å². The van der Waals surface area contributed by atoms with E-state index >= 15 is 0 Å². The van der Waals surface area contributed by atoms with Gasteiger partial charge in [-0.25, -0.2) is 4.79 Å². The van der Waals surface area contributed by atoms with Crippen molar-refractivity contribution in [3.63, 3.8) is 0 Å². The number of carbonyl (C=O) groups excluding carboxylic acids is 1. The lowest BCUT2D eigenvalue weighted by Crippen LogP contribution is -2.16. The fraction of sp³-hybridized carbons (Fsp3) is 0.400. The third-order valence-corrected chi connectivity index (χ3v) is 2.65. The predicted molar refractivity (Wildman–Crippen MR) is 79.8 cm³/mol. The first kappa shape index (κ1) is 16.5. The summed E-state index contributed by atoms with van der Waals surface area (Å²) in [6, 6.07) is 0. The topological polar surface area (TPSA) is 26.3 Å². The van der Waals surface area contributed by atoms with Crippen molar-refractivity contribution in [2.75, 3.05) is 6.61 Å². The second kappa shape index (κ2) is 8.54. The molecule has 0 N–H and O–H groups in total. The van der Waals surface area contributed by atoms with Gasteiger partial charge >= 0.3 is 5.97 Å². The van der Waals surface area contributed by atoms with E-state index in [1.807, 2.05) is 25.2 Å². The molecule has 18 heavy (non-hydrogen) atoms. The van der Waals surface area contributed by atoms with E-state index in [1.165, 1.54) is 6.08 Å². The first-order chi connectivity index (χ1) is 8.35. The minimum atomic E-state index is -1.28. The van der Waals surface area contributed by atoms with Crippen LogP contribution in [0.25, 0.3) is 0 Å². The minimum Gasteiger partial charge on any atom is -0.463 e. The van der Waals surface area contributed by atoms with Crippen LogP contribution in [0.5, 0.6) is 0 Å². The summed E-state index contributed by atoms with van der Waals surface area (Å²) in [5, 5.41) is 0. The highest BCUT2D eigenvalue weighted by Crippen LogP contribution is 1.97. The van der Waals surface area contributed by atoms with Crippen molar-refractivity contribution in [1.82, 2.24) is 0 Å². The van der Waals surface area contributed by atoms with Crippen molar-refractivity contribution in [3.8, 4) is 11.5 Å². The van der Waals surface area contributed by atoms with Gasteiger partial charge in [-0.3, -0.25) is 0 Å². The summed E-state index contributed by atoms with van der Waals surface area (Å²) in [5.74, 6) is 2.72. The van der Waals surface area contributed by atoms with Crippen molar-refractivity contribution < 1.29 is 9.53 Å². The molecule has 0 rings (SSSR count). The summed E-state index contributed by atoms with van der Waals surface area (Å²) in [7, 11) is -1.28. The van der Waals surface area contributed by atoms with Crippen molar-refractivity contribution in [1.29, 1.82) is 0 Å². The fourth-order valence-electron chi connectivity index (χ4n) is 0.952. The van der Waals surface area contributed by atoms with Crippen LogP contribution in [-0.2, 0) is 9.53 Å². The van der Waals surface area contributed by atoms with Crippen molar-refractivity contribution in [3.05, 3.63) is 36.0 Å². The molecule has 3 heteroatoms. The molecular weight excluding hydrogens is 240 g/mol. The Hall–Kier alpha value is -1.53. The van der Waals surface area contributed by atoms with Gasteiger partial charge in [0.15, 0.2) is 0 Å². The molecule has 0 amide bonds. The Balaban J connectivity index is 4.31. The van der Waals surface area contributed by atoms with E-state index < -0.39 is 8.07 Å². The summed E-state index contributed by atoms with van der Waals surface area (Å²) in [4.78, 5) is 11.1. The first-order valence-corrected chi connectivity index (χ1v) is 9.56. The quantitative estimate of drug-likeness (QED) is 0.255. The van der Waals surface area contributed by atoms with E-state index in [9.17, 15) is 4.79 Å². The van der Waals surface area contributed by atoms with Gasteiger partial charge in [0, 0.05) is 6.08 Å². The van der Waals surface area contributed by atoms with Crippen molar-refractivity contribution >= 4 is 14.0 Å². The molecule has 0 saturated heterocycles. The molecule has 0 aromatic rings. The number of hydrogen-bond donors (Lipinski definition) is 0. The average molecular weight is 262 g/mol. The number of ether oxygens (including phenoxy) is 1. The maximum atomic E-state index is 11.1. The lowest BCUT2D eigenvalue weighted by Gasteiger charge is -2.01. The van der Waals surface area contributed by atoms with Gasteiger partial charge in [0.2, 0.25) is 0 Å². The third-order valence-electron chi connectivity index (χ3n) is 1.75. The molecule has 0 unspecified atom stereocenters. The Kier molecular flexibility index (Phi) is 7.81. The van der Waals surface area contributed by atoms with Crippen LogP contribution in [0.4, 0.5) is 0 Å². The van der Waals surface area contributed by atoms with Crippen molar-refractivity contribution in [2.45, 2.75) is 33.5 Å². The second-order valence-electron chi connectivity index (χ2n) is 4.87. The standard InChI is InChI=1S/C15H22O2Si/c1-6-17-15(16)12-11-14(2)10-8-7-9-13-18(3,4)5/h7-8,10-12H,6H2,1-5H3/b8-7+,12-11+,14-10+. The van der Waals surface area contributed by atoms with E-state index in [2.05, 4.69) is 31.1 Å². The van der Waals surface area contributed by atoms with E-state index in [-0.39, 0.29) is 5.97 Å². The third kappa shape index (κ3) is 11.0. The Morgan fingerprint density at radius 1 is 1.28 bits per heavy atom. The van der Waals surface area contributed by atoms with Gasteiger partial charge in [0.1, 0.15) is 8.07 Å². The largest absolute Gasteiger partial charge is 0.463 e. The van der Waals surface area contributed by atoms with Gasteiger partial charge in [0.05, 0.1) is 6.61 Å². The zero-order valence-electron chi connectivity index (χ0n) is 11.9. The first-order valence-electron chi connectivity index (χ1n) is 6.06. The zero-order chi connectivity index (χ0) is 14.0. The molecular formula is C15H22O2Si. The minimum absolute atomic E-state index is 0.312. The van der Waals surface area contributed by atoms with E-state index in [1.54, 1.807) is 13.0 Å². The molecule has 0 atom stereocenters. The van der Waals surface area contributed by atoms with E-state index in [0.717, 1.165) is 5.57 Å². The normalized spacial score (nSPS) is 12.6. The van der Waals surface area contributed by atoms with Gasteiger partial charge in [-0.15, -0.1) is 5.54 Å². The van der Waals surface area contributed by atoms with Crippen LogP contribution in [0, 0.1) is 11.5 Å². The molecule has 98 valence electrons. The summed E-state index contributed by atoms with van der Waals surface area (Å²) >= 11 is 0. The summed E-state index contributed by atoms with van der Waals surface area (Å²) < 4.78 is 4.78. The molecule has 0 aliphatic rings. The summed E-state index contributed by atoms with van der Waals surface area (Å²) in [6.45, 7) is 10.7. The van der Waals surface area contributed by atoms with E-state index in [4.69, 9.17) is 4.74 Å².